The lowest BCUT2D eigenvalue weighted by Gasteiger charge is -2.23. The lowest BCUT2D eigenvalue weighted by Crippen LogP contribution is -2.31. The Labute approximate surface area is 118 Å². The Bertz CT molecular complexity index is 461. The molecule has 1 saturated carbocycles. The van der Waals surface area contributed by atoms with Crippen molar-refractivity contribution >= 4 is 24.0 Å². The van der Waals surface area contributed by atoms with Crippen LogP contribution in [0.1, 0.15) is 30.7 Å². The van der Waals surface area contributed by atoms with E-state index < -0.39 is 0 Å². The summed E-state index contributed by atoms with van der Waals surface area (Å²) in [7, 11) is 0. The summed E-state index contributed by atoms with van der Waals surface area (Å²) in [5.74, 6) is 0.987. The van der Waals surface area contributed by atoms with E-state index in [1.807, 2.05) is 13.8 Å². The maximum absolute atomic E-state index is 12.2. The lowest BCUT2D eigenvalue weighted by atomic mass is 9.92. The highest BCUT2D eigenvalue weighted by molar-refractivity contribution is 5.95. The number of anilines is 1. The quantitative estimate of drug-likeness (QED) is 0.873. The Kier molecular flexibility index (Phi) is 3.87. The second kappa shape index (κ2) is 5.13. The Morgan fingerprint density at radius 1 is 1.42 bits per heavy atom. The van der Waals surface area contributed by atoms with E-state index in [0.29, 0.717) is 5.76 Å². The molecule has 1 saturated heterocycles. The zero-order chi connectivity index (χ0) is 12.8. The number of carbonyl (C=O) groups is 1. The molecule has 0 aromatic carbocycles. The van der Waals surface area contributed by atoms with Crippen molar-refractivity contribution < 1.29 is 9.32 Å². The van der Waals surface area contributed by atoms with Crippen molar-refractivity contribution in [2.45, 2.75) is 33.1 Å². The van der Waals surface area contributed by atoms with Gasteiger partial charge in [0.2, 0.25) is 5.91 Å². The third-order valence-electron chi connectivity index (χ3n) is 4.39. The van der Waals surface area contributed by atoms with Crippen LogP contribution < -0.4 is 10.6 Å². The largest absolute Gasteiger partial charge is 0.359 e. The van der Waals surface area contributed by atoms with Gasteiger partial charge in [-0.25, -0.2) is 0 Å². The molecule has 106 valence electrons. The number of nitrogens with zero attached hydrogens (tertiary/aromatic N) is 1. The molecule has 2 heterocycles. The van der Waals surface area contributed by atoms with Crippen LogP contribution in [0, 0.1) is 25.2 Å². The van der Waals surface area contributed by atoms with E-state index >= 15 is 0 Å². The molecule has 3 rings (SSSR count). The summed E-state index contributed by atoms with van der Waals surface area (Å²) in [4.78, 5) is 12.2. The Balaban J connectivity index is 0.00000133. The first kappa shape index (κ1) is 14.3. The third kappa shape index (κ3) is 2.49. The molecule has 19 heavy (non-hydrogen) atoms. The maximum atomic E-state index is 12.2. The molecule has 1 unspecified atom stereocenters. The average molecular weight is 286 g/mol. The van der Waals surface area contributed by atoms with Crippen LogP contribution in [0.25, 0.3) is 0 Å². The van der Waals surface area contributed by atoms with E-state index in [4.69, 9.17) is 4.52 Å². The number of nitrogens with one attached hydrogen (secondary N) is 2. The summed E-state index contributed by atoms with van der Waals surface area (Å²) in [5, 5.41) is 10.2. The molecule has 0 radical (unpaired) electrons. The van der Waals surface area contributed by atoms with Crippen LogP contribution in [-0.4, -0.2) is 24.2 Å². The van der Waals surface area contributed by atoms with Crippen LogP contribution in [0.2, 0.25) is 0 Å². The van der Waals surface area contributed by atoms with E-state index in [9.17, 15) is 4.79 Å². The number of aromatic nitrogens is 1. The number of amides is 1. The molecule has 1 atom stereocenters. The van der Waals surface area contributed by atoms with Gasteiger partial charge in [0, 0.05) is 5.92 Å². The van der Waals surface area contributed by atoms with Gasteiger partial charge >= 0.3 is 0 Å². The van der Waals surface area contributed by atoms with E-state index in [1.165, 1.54) is 0 Å². The Hall–Kier alpha value is -1.07. The van der Waals surface area contributed by atoms with Gasteiger partial charge in [0.1, 0.15) is 11.4 Å². The normalized spacial score (nSPS) is 23.8. The van der Waals surface area contributed by atoms with Crippen molar-refractivity contribution in [2.75, 3.05) is 18.4 Å². The minimum Gasteiger partial charge on any atom is -0.359 e. The van der Waals surface area contributed by atoms with Crippen LogP contribution in [0.4, 0.5) is 5.69 Å². The molecule has 6 heteroatoms. The first-order valence-electron chi connectivity index (χ1n) is 6.57. The molecule has 1 amide bonds. The van der Waals surface area contributed by atoms with Crippen LogP contribution in [-0.2, 0) is 4.79 Å². The molecular weight excluding hydrogens is 266 g/mol. The molecule has 2 N–H and O–H groups in total. The van der Waals surface area contributed by atoms with Crippen molar-refractivity contribution in [1.29, 1.82) is 0 Å². The van der Waals surface area contributed by atoms with Crippen LogP contribution in [0.15, 0.2) is 4.52 Å². The van der Waals surface area contributed by atoms with Crippen molar-refractivity contribution in [3.8, 4) is 0 Å². The molecule has 2 aliphatic rings. The summed E-state index contributed by atoms with van der Waals surface area (Å²) < 4.78 is 5.06. The van der Waals surface area contributed by atoms with Crippen LogP contribution >= 0.6 is 12.4 Å². The van der Waals surface area contributed by atoms with E-state index in [0.717, 1.165) is 43.7 Å². The topological polar surface area (TPSA) is 67.2 Å². The molecule has 1 aromatic rings. The number of hydrogen-bond donors (Lipinski definition) is 2. The summed E-state index contributed by atoms with van der Waals surface area (Å²) in [6.07, 6.45) is 3.27. The number of piperidine rings is 1. The minimum absolute atomic E-state index is 0. The number of aryl methyl sites for hydroxylation is 2. The van der Waals surface area contributed by atoms with Crippen LogP contribution in [0.3, 0.4) is 0 Å². The second-order valence-corrected chi connectivity index (χ2v) is 5.56. The van der Waals surface area contributed by atoms with Gasteiger partial charge in [0.05, 0.1) is 0 Å². The molecule has 0 bridgehead atoms. The maximum Gasteiger partial charge on any atom is 0.228 e. The summed E-state index contributed by atoms with van der Waals surface area (Å²) in [5.41, 5.74) is 1.77. The van der Waals surface area contributed by atoms with E-state index in [2.05, 4.69) is 15.8 Å². The first-order valence-corrected chi connectivity index (χ1v) is 6.57. The van der Waals surface area contributed by atoms with Gasteiger partial charge in [-0.3, -0.25) is 4.79 Å². The van der Waals surface area contributed by atoms with Gasteiger partial charge in [-0.15, -0.1) is 12.4 Å². The Morgan fingerprint density at radius 3 is 2.68 bits per heavy atom. The van der Waals surface area contributed by atoms with Gasteiger partial charge in [0.15, 0.2) is 5.76 Å². The SMILES string of the molecule is Cc1noc(C)c1NC(=O)C1CC12CCNCC2.Cl. The third-order valence-corrected chi connectivity index (χ3v) is 4.39. The van der Waals surface area contributed by atoms with Crippen molar-refractivity contribution in [1.82, 2.24) is 10.5 Å². The van der Waals surface area contributed by atoms with Gasteiger partial charge in [-0.05, 0) is 51.6 Å². The number of carbonyl (C=O) groups excluding carboxylic acids is 1. The number of hydrogen-bond acceptors (Lipinski definition) is 4. The van der Waals surface area contributed by atoms with Crippen LogP contribution in [0.5, 0.6) is 0 Å². The fraction of sp³-hybridized carbons (Fsp3) is 0.692. The zero-order valence-electron chi connectivity index (χ0n) is 11.3. The van der Waals surface area contributed by atoms with Crippen molar-refractivity contribution in [3.05, 3.63) is 11.5 Å². The molecular formula is C13H20ClN3O2. The zero-order valence-corrected chi connectivity index (χ0v) is 12.1. The standard InChI is InChI=1S/C13H19N3O2.ClH/c1-8-11(9(2)18-16-8)15-12(17)10-7-13(10)3-5-14-6-4-13;/h10,14H,3-7H2,1-2H3,(H,15,17);1H. The smallest absolute Gasteiger partial charge is 0.228 e. The number of halogens is 1. The van der Waals surface area contributed by atoms with Crippen molar-refractivity contribution in [2.24, 2.45) is 11.3 Å². The Morgan fingerprint density at radius 2 is 2.11 bits per heavy atom. The fourth-order valence-corrected chi connectivity index (χ4v) is 3.07. The lowest BCUT2D eigenvalue weighted by molar-refractivity contribution is -0.118. The monoisotopic (exact) mass is 285 g/mol. The molecule has 1 spiro atoms. The van der Waals surface area contributed by atoms with E-state index in [-0.39, 0.29) is 29.6 Å². The molecule has 2 fully saturated rings. The average Bonchev–Trinajstić information content (AvgIpc) is 2.97. The van der Waals surface area contributed by atoms with E-state index in [1.54, 1.807) is 0 Å². The second-order valence-electron chi connectivity index (χ2n) is 5.56. The highest BCUT2D eigenvalue weighted by Crippen LogP contribution is 2.58. The molecule has 1 aromatic heterocycles. The fourth-order valence-electron chi connectivity index (χ4n) is 3.07. The molecule has 5 nitrogen and oxygen atoms in total. The van der Waals surface area contributed by atoms with Gasteiger partial charge in [-0.1, -0.05) is 5.16 Å². The summed E-state index contributed by atoms with van der Waals surface area (Å²) >= 11 is 0. The van der Waals surface area contributed by atoms with Crippen molar-refractivity contribution in [3.63, 3.8) is 0 Å². The predicted molar refractivity (Wildman–Crippen MR) is 74.5 cm³/mol. The highest BCUT2D eigenvalue weighted by atomic mass is 35.5. The highest BCUT2D eigenvalue weighted by Gasteiger charge is 2.57. The molecule has 1 aliphatic heterocycles. The molecule has 1 aliphatic carbocycles. The van der Waals surface area contributed by atoms with Gasteiger partial charge in [0.25, 0.3) is 0 Å². The minimum atomic E-state index is 0. The predicted octanol–water partition coefficient (Wildman–Crippen LogP) is 2.04. The first-order chi connectivity index (χ1) is 8.62. The van der Waals surface area contributed by atoms with Gasteiger partial charge < -0.3 is 15.2 Å². The summed E-state index contributed by atoms with van der Waals surface area (Å²) in [6.45, 7) is 5.74. The van der Waals surface area contributed by atoms with Gasteiger partial charge in [-0.2, -0.15) is 0 Å². The number of rotatable bonds is 2. The summed E-state index contributed by atoms with van der Waals surface area (Å²) in [6, 6.07) is 0.